The molecule has 0 aromatic carbocycles. The molecule has 0 aliphatic heterocycles. The van der Waals surface area contributed by atoms with Crippen LogP contribution in [0.1, 0.15) is 49.3 Å². The first kappa shape index (κ1) is 16.0. The normalized spacial score (nSPS) is 28.5. The molecule has 1 aromatic rings. The number of rotatable bonds is 6. The van der Waals surface area contributed by atoms with E-state index in [-0.39, 0.29) is 5.60 Å². The van der Waals surface area contributed by atoms with E-state index in [1.807, 2.05) is 18.4 Å². The van der Waals surface area contributed by atoms with Crippen LogP contribution in [0.15, 0.2) is 12.1 Å². The zero-order chi connectivity index (χ0) is 14.6. The summed E-state index contributed by atoms with van der Waals surface area (Å²) in [6.07, 6.45) is 7.23. The van der Waals surface area contributed by atoms with Crippen molar-refractivity contribution in [1.29, 1.82) is 0 Å². The van der Waals surface area contributed by atoms with Crippen molar-refractivity contribution < 1.29 is 4.74 Å². The molecule has 0 spiro atoms. The fourth-order valence-electron chi connectivity index (χ4n) is 3.66. The van der Waals surface area contributed by atoms with Crippen molar-refractivity contribution in [3.05, 3.63) is 21.9 Å². The first-order chi connectivity index (χ1) is 9.63. The maximum Gasteiger partial charge on any atom is 0.0836 e. The maximum atomic E-state index is 6.05. The van der Waals surface area contributed by atoms with Gasteiger partial charge in [-0.15, -0.1) is 11.3 Å². The molecular formula is C17H29NOS. The lowest BCUT2D eigenvalue weighted by atomic mass is 9.73. The van der Waals surface area contributed by atoms with Crippen LogP contribution in [0, 0.1) is 5.92 Å². The second-order valence-corrected chi connectivity index (χ2v) is 7.49. The average molecular weight is 295 g/mol. The van der Waals surface area contributed by atoms with Crippen molar-refractivity contribution in [2.45, 2.75) is 64.0 Å². The summed E-state index contributed by atoms with van der Waals surface area (Å²) < 4.78 is 6.05. The van der Waals surface area contributed by atoms with Crippen LogP contribution in [0.25, 0.3) is 0 Å². The Morgan fingerprint density at radius 3 is 2.75 bits per heavy atom. The van der Waals surface area contributed by atoms with Gasteiger partial charge in [-0.2, -0.15) is 0 Å². The molecule has 3 heteroatoms. The highest BCUT2D eigenvalue weighted by Gasteiger charge is 2.41. The summed E-state index contributed by atoms with van der Waals surface area (Å²) in [5.74, 6) is 0.772. The molecule has 0 saturated heterocycles. The van der Waals surface area contributed by atoms with E-state index < -0.39 is 0 Å². The van der Waals surface area contributed by atoms with Crippen molar-refractivity contribution in [3.8, 4) is 0 Å². The van der Waals surface area contributed by atoms with Gasteiger partial charge in [0.15, 0.2) is 0 Å². The zero-order valence-electron chi connectivity index (χ0n) is 13.4. The van der Waals surface area contributed by atoms with Gasteiger partial charge in [0.1, 0.15) is 0 Å². The predicted molar refractivity (Wildman–Crippen MR) is 87.6 cm³/mol. The lowest BCUT2D eigenvalue weighted by Gasteiger charge is -2.44. The van der Waals surface area contributed by atoms with E-state index >= 15 is 0 Å². The summed E-state index contributed by atoms with van der Waals surface area (Å²) in [6.45, 7) is 4.59. The highest BCUT2D eigenvalue weighted by Crippen LogP contribution is 2.38. The maximum absolute atomic E-state index is 6.05. The summed E-state index contributed by atoms with van der Waals surface area (Å²) in [5.41, 5.74) is 0.0167. The lowest BCUT2D eigenvalue weighted by molar-refractivity contribution is -0.0773. The summed E-state index contributed by atoms with van der Waals surface area (Å²) in [4.78, 5) is 2.97. The van der Waals surface area contributed by atoms with Crippen molar-refractivity contribution in [2.75, 3.05) is 14.2 Å². The molecule has 1 aliphatic rings. The predicted octanol–water partition coefficient (Wildman–Crippen LogP) is 4.04. The standard InChI is InChI=1S/C17H29NOS/c1-5-14-8-9-15(20-14)11-16(18-3)17(19-4)10-6-7-13(2)12-17/h8-9,13,16,18H,5-7,10-12H2,1-4H3. The van der Waals surface area contributed by atoms with Crippen molar-refractivity contribution >= 4 is 11.3 Å². The number of thiophene rings is 1. The monoisotopic (exact) mass is 295 g/mol. The second kappa shape index (κ2) is 7.06. The minimum Gasteiger partial charge on any atom is -0.377 e. The Bertz CT molecular complexity index is 417. The van der Waals surface area contributed by atoms with Gasteiger partial charge < -0.3 is 10.1 Å². The van der Waals surface area contributed by atoms with E-state index in [2.05, 4.69) is 38.3 Å². The van der Waals surface area contributed by atoms with E-state index in [1.54, 1.807) is 0 Å². The minimum absolute atomic E-state index is 0.0167. The van der Waals surface area contributed by atoms with Crippen LogP contribution in [0.2, 0.25) is 0 Å². The number of methoxy groups -OCH3 is 1. The fourth-order valence-corrected chi connectivity index (χ4v) is 4.67. The SMILES string of the molecule is CCc1ccc(CC(NC)C2(OC)CCCC(C)C2)s1. The van der Waals surface area contributed by atoms with Crippen LogP contribution in [0.4, 0.5) is 0 Å². The number of hydrogen-bond donors (Lipinski definition) is 1. The Balaban J connectivity index is 2.12. The third-order valence-corrected chi connectivity index (χ3v) is 6.10. The number of nitrogens with one attached hydrogen (secondary N) is 1. The van der Waals surface area contributed by atoms with Gasteiger partial charge in [0.05, 0.1) is 5.60 Å². The van der Waals surface area contributed by atoms with E-state index in [1.165, 1.54) is 35.4 Å². The third-order valence-electron chi connectivity index (χ3n) is 4.85. The Kier molecular flexibility index (Phi) is 5.65. The quantitative estimate of drug-likeness (QED) is 0.855. The highest BCUT2D eigenvalue weighted by molar-refractivity contribution is 7.11. The van der Waals surface area contributed by atoms with Crippen LogP contribution in [-0.2, 0) is 17.6 Å². The number of hydrogen-bond acceptors (Lipinski definition) is 3. The molecule has 2 rings (SSSR count). The van der Waals surface area contributed by atoms with Crippen LogP contribution in [0.3, 0.4) is 0 Å². The van der Waals surface area contributed by atoms with Gasteiger partial charge in [0.25, 0.3) is 0 Å². The zero-order valence-corrected chi connectivity index (χ0v) is 14.2. The van der Waals surface area contributed by atoms with Gasteiger partial charge in [0, 0.05) is 22.9 Å². The molecule has 1 fully saturated rings. The van der Waals surface area contributed by atoms with Gasteiger partial charge in [-0.1, -0.05) is 26.7 Å². The molecule has 0 amide bonds. The number of aryl methyl sites for hydroxylation is 1. The highest BCUT2D eigenvalue weighted by atomic mass is 32.1. The van der Waals surface area contributed by atoms with Crippen LogP contribution < -0.4 is 5.32 Å². The molecule has 0 bridgehead atoms. The van der Waals surface area contributed by atoms with Crippen LogP contribution in [0.5, 0.6) is 0 Å². The summed E-state index contributed by atoms with van der Waals surface area (Å²) >= 11 is 1.96. The lowest BCUT2D eigenvalue weighted by Crippen LogP contribution is -2.54. The Labute approximate surface area is 127 Å². The van der Waals surface area contributed by atoms with Crippen molar-refractivity contribution in [3.63, 3.8) is 0 Å². The molecule has 2 nitrogen and oxygen atoms in total. The Morgan fingerprint density at radius 1 is 1.45 bits per heavy atom. The van der Waals surface area contributed by atoms with Gasteiger partial charge in [0.2, 0.25) is 0 Å². The molecule has 1 aromatic heterocycles. The molecule has 114 valence electrons. The van der Waals surface area contributed by atoms with Crippen LogP contribution in [-0.4, -0.2) is 25.8 Å². The smallest absolute Gasteiger partial charge is 0.0836 e. The molecular weight excluding hydrogens is 266 g/mol. The molecule has 1 saturated carbocycles. The first-order valence-electron chi connectivity index (χ1n) is 7.93. The molecule has 3 atom stereocenters. The second-order valence-electron chi connectivity index (χ2n) is 6.24. The molecule has 20 heavy (non-hydrogen) atoms. The van der Waals surface area contributed by atoms with Crippen LogP contribution >= 0.6 is 11.3 Å². The minimum atomic E-state index is 0.0167. The van der Waals surface area contributed by atoms with Gasteiger partial charge >= 0.3 is 0 Å². The van der Waals surface area contributed by atoms with E-state index in [9.17, 15) is 0 Å². The van der Waals surface area contributed by atoms with Crippen molar-refractivity contribution in [2.24, 2.45) is 5.92 Å². The van der Waals surface area contributed by atoms with Gasteiger partial charge in [-0.05, 0) is 50.8 Å². The van der Waals surface area contributed by atoms with E-state index in [4.69, 9.17) is 4.74 Å². The largest absolute Gasteiger partial charge is 0.377 e. The molecule has 0 radical (unpaired) electrons. The van der Waals surface area contributed by atoms with E-state index in [0.29, 0.717) is 6.04 Å². The molecule has 1 N–H and O–H groups in total. The number of likely N-dealkylation sites (N-methyl/N-ethyl adjacent to an activating group) is 1. The number of ether oxygens (including phenoxy) is 1. The fraction of sp³-hybridized carbons (Fsp3) is 0.765. The third kappa shape index (κ3) is 3.44. The summed E-state index contributed by atoms with van der Waals surface area (Å²) in [5, 5.41) is 3.54. The first-order valence-corrected chi connectivity index (χ1v) is 8.75. The van der Waals surface area contributed by atoms with Gasteiger partial charge in [-0.25, -0.2) is 0 Å². The summed E-state index contributed by atoms with van der Waals surface area (Å²) in [6, 6.07) is 4.98. The van der Waals surface area contributed by atoms with Crippen molar-refractivity contribution in [1.82, 2.24) is 5.32 Å². The Hall–Kier alpha value is -0.380. The Morgan fingerprint density at radius 2 is 2.20 bits per heavy atom. The molecule has 1 aliphatic carbocycles. The molecule has 3 unspecified atom stereocenters. The van der Waals surface area contributed by atoms with E-state index in [0.717, 1.165) is 18.8 Å². The summed E-state index contributed by atoms with van der Waals surface area (Å²) in [7, 11) is 3.98. The average Bonchev–Trinajstić information content (AvgIpc) is 2.92. The van der Waals surface area contributed by atoms with Gasteiger partial charge in [-0.3, -0.25) is 0 Å². The topological polar surface area (TPSA) is 21.3 Å². The molecule has 1 heterocycles.